The second kappa shape index (κ2) is 28.8. The summed E-state index contributed by atoms with van der Waals surface area (Å²) in [6.07, 6.45) is 11.0. The molecule has 0 bridgehead atoms. The summed E-state index contributed by atoms with van der Waals surface area (Å²) in [6.45, 7) is 15.9. The lowest BCUT2D eigenvalue weighted by Crippen LogP contribution is -2.27. The number of amides is 1. The largest absolute Gasteiger partial charge is 0.379 e. The molecule has 0 aromatic rings. The van der Waals surface area contributed by atoms with Crippen molar-refractivity contribution in [2.45, 2.75) is 104 Å². The molecule has 8 nitrogen and oxygen atoms in total. The van der Waals surface area contributed by atoms with Gasteiger partial charge in [0.2, 0.25) is 5.91 Å². The van der Waals surface area contributed by atoms with E-state index < -0.39 is 0 Å². The summed E-state index contributed by atoms with van der Waals surface area (Å²) in [5, 5.41) is 6.33. The van der Waals surface area contributed by atoms with Crippen LogP contribution in [0.3, 0.4) is 0 Å². The molecular weight excluding hydrogens is 460 g/mol. The number of carbonyl (C=O) groups excluding carboxylic acids is 1. The number of hydrogen-bond acceptors (Lipinski definition) is 7. The lowest BCUT2D eigenvalue weighted by molar-refractivity contribution is -0.121. The minimum Gasteiger partial charge on any atom is -0.379 e. The van der Waals surface area contributed by atoms with Crippen LogP contribution in [-0.4, -0.2) is 90.6 Å². The van der Waals surface area contributed by atoms with Crippen LogP contribution in [0.4, 0.5) is 0 Å². The molecule has 0 saturated heterocycles. The summed E-state index contributed by atoms with van der Waals surface area (Å²) in [5.41, 5.74) is 0. The van der Waals surface area contributed by atoms with Crippen LogP contribution < -0.4 is 10.6 Å². The summed E-state index contributed by atoms with van der Waals surface area (Å²) in [4.78, 5) is 11.9. The van der Waals surface area contributed by atoms with Gasteiger partial charge in [0, 0.05) is 38.8 Å². The predicted octanol–water partition coefficient (Wildman–Crippen LogP) is 4.49. The van der Waals surface area contributed by atoms with Gasteiger partial charge in [-0.15, -0.1) is 0 Å². The molecule has 0 unspecified atom stereocenters. The zero-order valence-corrected chi connectivity index (χ0v) is 24.0. The average molecular weight is 519 g/mol. The number of unbranched alkanes of at least 4 members (excludes halogenated alkanes) is 7. The van der Waals surface area contributed by atoms with E-state index in [9.17, 15) is 4.79 Å². The molecule has 0 fully saturated rings. The third-order valence-electron chi connectivity index (χ3n) is 5.45. The lowest BCUT2D eigenvalue weighted by Gasteiger charge is -2.09. The van der Waals surface area contributed by atoms with Crippen LogP contribution in [0.5, 0.6) is 0 Å². The molecule has 36 heavy (non-hydrogen) atoms. The molecule has 2 N–H and O–H groups in total. The van der Waals surface area contributed by atoms with Gasteiger partial charge in [-0.3, -0.25) is 4.79 Å². The van der Waals surface area contributed by atoms with Crippen molar-refractivity contribution in [1.29, 1.82) is 0 Å². The maximum atomic E-state index is 11.9. The molecule has 0 spiro atoms. The van der Waals surface area contributed by atoms with Crippen LogP contribution in [0, 0.1) is 0 Å². The van der Waals surface area contributed by atoms with Crippen molar-refractivity contribution in [3.05, 3.63) is 0 Å². The monoisotopic (exact) mass is 518 g/mol. The fourth-order valence-corrected chi connectivity index (χ4v) is 3.42. The molecule has 0 rings (SSSR count). The van der Waals surface area contributed by atoms with Crippen molar-refractivity contribution in [2.24, 2.45) is 0 Å². The van der Waals surface area contributed by atoms with Gasteiger partial charge in [-0.2, -0.15) is 0 Å². The van der Waals surface area contributed by atoms with E-state index in [2.05, 4.69) is 38.3 Å². The summed E-state index contributed by atoms with van der Waals surface area (Å²) in [7, 11) is 0. The Bertz CT molecular complexity index is 452. The highest BCUT2D eigenvalue weighted by molar-refractivity contribution is 5.75. The first kappa shape index (κ1) is 35.2. The van der Waals surface area contributed by atoms with Crippen molar-refractivity contribution in [3.8, 4) is 0 Å². The van der Waals surface area contributed by atoms with Gasteiger partial charge in [0.05, 0.1) is 52.4 Å². The zero-order chi connectivity index (χ0) is 26.5. The molecule has 1 amide bonds. The fraction of sp³-hybridized carbons (Fsp3) is 0.964. The van der Waals surface area contributed by atoms with Crippen molar-refractivity contribution in [3.63, 3.8) is 0 Å². The molecule has 0 radical (unpaired) electrons. The summed E-state index contributed by atoms with van der Waals surface area (Å²) >= 11 is 0. The smallest absolute Gasteiger partial charge is 0.219 e. The van der Waals surface area contributed by atoms with Crippen molar-refractivity contribution >= 4 is 5.91 Å². The first-order valence-electron chi connectivity index (χ1n) is 14.4. The van der Waals surface area contributed by atoms with Gasteiger partial charge in [-0.1, -0.05) is 39.5 Å². The second-order valence-electron chi connectivity index (χ2n) is 9.76. The van der Waals surface area contributed by atoms with Crippen molar-refractivity contribution in [1.82, 2.24) is 10.6 Å². The Labute approximate surface area is 221 Å². The van der Waals surface area contributed by atoms with Crippen LogP contribution in [-0.2, 0) is 28.5 Å². The topological polar surface area (TPSA) is 87.3 Å². The van der Waals surface area contributed by atoms with Gasteiger partial charge in [0.1, 0.15) is 0 Å². The molecule has 8 heteroatoms. The first-order valence-corrected chi connectivity index (χ1v) is 14.4. The van der Waals surface area contributed by atoms with E-state index >= 15 is 0 Å². The molecular formula is C28H58N2O6. The van der Waals surface area contributed by atoms with Crippen molar-refractivity contribution in [2.75, 3.05) is 72.6 Å². The molecule has 0 aliphatic rings. The predicted molar refractivity (Wildman–Crippen MR) is 147 cm³/mol. The molecule has 0 saturated carbocycles. The van der Waals surface area contributed by atoms with Crippen LogP contribution in [0.25, 0.3) is 0 Å². The standard InChI is InChI=1S/C28H58N2O6/c1-26(2)29-16-19-33-21-23-35-25-24-34-22-20-32-17-12-9-11-15-30-28(31)14-10-7-5-6-8-13-18-36-27(3)4/h26-27,29H,5-25H2,1-4H3,(H,30,31). The highest BCUT2D eigenvalue weighted by Crippen LogP contribution is 2.08. The summed E-state index contributed by atoms with van der Waals surface area (Å²) < 4.78 is 27.6. The van der Waals surface area contributed by atoms with E-state index in [0.717, 1.165) is 64.8 Å². The minimum absolute atomic E-state index is 0.184. The number of ether oxygens (including phenoxy) is 5. The van der Waals surface area contributed by atoms with E-state index in [1.807, 2.05) is 0 Å². The van der Waals surface area contributed by atoms with Gasteiger partial charge >= 0.3 is 0 Å². The lowest BCUT2D eigenvalue weighted by atomic mass is 10.1. The first-order chi connectivity index (χ1) is 17.5. The van der Waals surface area contributed by atoms with Gasteiger partial charge < -0.3 is 34.3 Å². The summed E-state index contributed by atoms with van der Waals surface area (Å²) in [6, 6.07) is 0.492. The van der Waals surface area contributed by atoms with E-state index in [1.165, 1.54) is 19.3 Å². The molecule has 0 aromatic heterocycles. The zero-order valence-electron chi connectivity index (χ0n) is 24.0. The van der Waals surface area contributed by atoms with E-state index in [1.54, 1.807) is 0 Å². The molecule has 216 valence electrons. The number of nitrogens with one attached hydrogen (secondary N) is 2. The Morgan fingerprint density at radius 1 is 0.556 bits per heavy atom. The van der Waals surface area contributed by atoms with E-state index in [0.29, 0.717) is 64.8 Å². The summed E-state index contributed by atoms with van der Waals surface area (Å²) in [5.74, 6) is 0.184. The Morgan fingerprint density at radius 3 is 1.67 bits per heavy atom. The third-order valence-corrected chi connectivity index (χ3v) is 5.45. The van der Waals surface area contributed by atoms with Crippen LogP contribution in [0.1, 0.15) is 91.9 Å². The van der Waals surface area contributed by atoms with Crippen molar-refractivity contribution < 1.29 is 28.5 Å². The molecule has 0 aliphatic carbocycles. The fourth-order valence-electron chi connectivity index (χ4n) is 3.42. The molecule has 0 aliphatic heterocycles. The third kappa shape index (κ3) is 31.3. The Morgan fingerprint density at radius 2 is 1.06 bits per heavy atom. The normalized spacial score (nSPS) is 11.6. The average Bonchev–Trinajstić information content (AvgIpc) is 2.84. The second-order valence-corrected chi connectivity index (χ2v) is 9.76. The SMILES string of the molecule is CC(C)NCCOCCOCCOCCOCCCCCNC(=O)CCCCCCCCOC(C)C. The Kier molecular flexibility index (Phi) is 28.2. The van der Waals surface area contributed by atoms with Gasteiger partial charge in [-0.25, -0.2) is 0 Å². The maximum absolute atomic E-state index is 11.9. The Balaban J connectivity index is 3.14. The van der Waals surface area contributed by atoms with E-state index in [4.69, 9.17) is 23.7 Å². The highest BCUT2D eigenvalue weighted by atomic mass is 16.6. The van der Waals surface area contributed by atoms with Gasteiger partial charge in [0.25, 0.3) is 0 Å². The number of carbonyl (C=O) groups is 1. The van der Waals surface area contributed by atoms with Gasteiger partial charge in [-0.05, 0) is 46.0 Å². The van der Waals surface area contributed by atoms with Crippen LogP contribution >= 0.6 is 0 Å². The number of rotatable bonds is 29. The minimum atomic E-state index is 0.184. The maximum Gasteiger partial charge on any atom is 0.219 e. The van der Waals surface area contributed by atoms with Crippen LogP contribution in [0.15, 0.2) is 0 Å². The molecule has 0 heterocycles. The van der Waals surface area contributed by atoms with Gasteiger partial charge in [0.15, 0.2) is 0 Å². The molecule has 0 atom stereocenters. The Hall–Kier alpha value is -0.770. The van der Waals surface area contributed by atoms with E-state index in [-0.39, 0.29) is 5.91 Å². The quantitative estimate of drug-likeness (QED) is 0.141. The molecule has 0 aromatic carbocycles. The van der Waals surface area contributed by atoms with Crippen LogP contribution in [0.2, 0.25) is 0 Å². The highest BCUT2D eigenvalue weighted by Gasteiger charge is 2.01. The number of hydrogen-bond donors (Lipinski definition) is 2.